The zero-order chi connectivity index (χ0) is 23.4. The fourth-order valence-corrected chi connectivity index (χ4v) is 4.58. The van der Waals surface area contributed by atoms with Gasteiger partial charge in [-0.25, -0.2) is 10.4 Å². The molecular weight excluding hydrogens is 400 g/mol. The second kappa shape index (κ2) is 19.8. The van der Waals surface area contributed by atoms with E-state index < -0.39 is 0 Å². The van der Waals surface area contributed by atoms with E-state index in [1.165, 1.54) is 89.9 Å². The molecule has 1 N–H and O–H groups in total. The second-order valence-electron chi connectivity index (χ2n) is 9.87. The maximum atomic E-state index is 12.4. The number of hydrazine groups is 1. The topological polar surface area (TPSA) is 50.8 Å². The first-order valence-electron chi connectivity index (χ1n) is 13.9. The average Bonchev–Trinajstić information content (AvgIpc) is 3.24. The lowest BCUT2D eigenvalue weighted by molar-refractivity contribution is -0.149. The average molecular weight is 455 g/mol. The van der Waals surface area contributed by atoms with Crippen LogP contribution in [0.1, 0.15) is 130 Å². The van der Waals surface area contributed by atoms with E-state index >= 15 is 0 Å². The van der Waals surface area contributed by atoms with Crippen molar-refractivity contribution in [1.82, 2.24) is 10.4 Å². The van der Waals surface area contributed by atoms with Crippen molar-refractivity contribution in [3.63, 3.8) is 0 Å². The first-order chi connectivity index (χ1) is 15.6. The van der Waals surface area contributed by atoms with E-state index in [-0.39, 0.29) is 18.2 Å². The van der Waals surface area contributed by atoms with Crippen LogP contribution in [0, 0.1) is 5.92 Å². The highest BCUT2D eigenvalue weighted by Gasteiger charge is 2.31. The van der Waals surface area contributed by atoms with Gasteiger partial charge in [0.05, 0.1) is 13.2 Å². The number of carbonyl (C=O) groups excluding carboxylic acids is 1. The van der Waals surface area contributed by atoms with Gasteiger partial charge in [0.25, 0.3) is 0 Å². The summed E-state index contributed by atoms with van der Waals surface area (Å²) in [4.78, 5) is 12.4. The molecule has 1 fully saturated rings. The predicted octanol–water partition coefficient (Wildman–Crippen LogP) is 7.00. The monoisotopic (exact) mass is 454 g/mol. The zero-order valence-electron chi connectivity index (χ0n) is 21.8. The second-order valence-corrected chi connectivity index (χ2v) is 9.87. The first-order valence-corrected chi connectivity index (χ1v) is 13.9. The van der Waals surface area contributed by atoms with Gasteiger partial charge >= 0.3 is 5.97 Å². The molecule has 0 aromatic heterocycles. The summed E-state index contributed by atoms with van der Waals surface area (Å²) < 4.78 is 11.1. The Morgan fingerprint density at radius 2 is 1.38 bits per heavy atom. The van der Waals surface area contributed by atoms with Crippen LogP contribution in [0.5, 0.6) is 0 Å². The van der Waals surface area contributed by atoms with Crippen LogP contribution in [0.15, 0.2) is 0 Å². The van der Waals surface area contributed by atoms with Crippen molar-refractivity contribution >= 4 is 5.97 Å². The highest BCUT2D eigenvalue weighted by atomic mass is 16.5. The highest BCUT2D eigenvalue weighted by Crippen LogP contribution is 2.18. The van der Waals surface area contributed by atoms with Crippen molar-refractivity contribution in [3.8, 4) is 0 Å². The van der Waals surface area contributed by atoms with Crippen molar-refractivity contribution in [3.05, 3.63) is 0 Å². The van der Waals surface area contributed by atoms with Gasteiger partial charge in [0.1, 0.15) is 12.3 Å². The van der Waals surface area contributed by atoms with Crippen LogP contribution in [0.4, 0.5) is 0 Å². The number of nitrogens with one attached hydrogen (secondary N) is 1. The minimum Gasteiger partial charge on any atom is -0.465 e. The molecule has 1 heterocycles. The molecule has 0 amide bonds. The minimum atomic E-state index is -0.264. The summed E-state index contributed by atoms with van der Waals surface area (Å²) in [6, 6.07) is -0.264. The molecule has 0 bridgehead atoms. The fourth-order valence-electron chi connectivity index (χ4n) is 4.58. The van der Waals surface area contributed by atoms with Crippen LogP contribution < -0.4 is 5.43 Å². The lowest BCUT2D eigenvalue weighted by Crippen LogP contribution is -2.52. The van der Waals surface area contributed by atoms with Crippen molar-refractivity contribution in [2.75, 3.05) is 19.8 Å². The summed E-state index contributed by atoms with van der Waals surface area (Å²) >= 11 is 0. The third kappa shape index (κ3) is 13.8. The lowest BCUT2D eigenvalue weighted by atomic mass is 10.0. The van der Waals surface area contributed by atoms with Crippen LogP contribution in [-0.4, -0.2) is 43.0 Å². The number of hydrogen-bond acceptors (Lipinski definition) is 5. The van der Waals surface area contributed by atoms with Crippen LogP contribution in [-0.2, 0) is 14.3 Å². The largest absolute Gasteiger partial charge is 0.465 e. The van der Waals surface area contributed by atoms with E-state index in [1.807, 2.05) is 6.92 Å². The molecule has 0 spiro atoms. The molecule has 2 atom stereocenters. The maximum Gasteiger partial charge on any atom is 0.324 e. The SMILES string of the molecule is CCCCCCCCCCCCCCCCCC(NN1CCOC1C(C)C)C(=O)OCC. The van der Waals surface area contributed by atoms with Crippen LogP contribution >= 0.6 is 0 Å². The van der Waals surface area contributed by atoms with Gasteiger partial charge in [-0.3, -0.25) is 4.79 Å². The molecule has 1 rings (SSSR count). The lowest BCUT2D eigenvalue weighted by Gasteiger charge is -2.30. The van der Waals surface area contributed by atoms with E-state index in [2.05, 4.69) is 31.2 Å². The molecule has 0 saturated carbocycles. The molecule has 1 saturated heterocycles. The number of rotatable bonds is 21. The molecule has 1 aliphatic rings. The van der Waals surface area contributed by atoms with E-state index in [0.29, 0.717) is 19.1 Å². The van der Waals surface area contributed by atoms with E-state index in [0.717, 1.165) is 19.4 Å². The Morgan fingerprint density at radius 3 is 1.84 bits per heavy atom. The van der Waals surface area contributed by atoms with Gasteiger partial charge < -0.3 is 9.47 Å². The maximum absolute atomic E-state index is 12.4. The van der Waals surface area contributed by atoms with Crippen molar-refractivity contribution in [2.45, 2.75) is 143 Å². The first kappa shape index (κ1) is 29.4. The number of ether oxygens (including phenoxy) is 2. The number of esters is 1. The zero-order valence-corrected chi connectivity index (χ0v) is 21.8. The Kier molecular flexibility index (Phi) is 18.2. The summed E-state index contributed by atoms with van der Waals surface area (Å²) in [5.41, 5.74) is 3.42. The summed E-state index contributed by atoms with van der Waals surface area (Å²) in [6.45, 7) is 10.4. The molecule has 5 nitrogen and oxygen atoms in total. The van der Waals surface area contributed by atoms with Gasteiger partial charge in [0.15, 0.2) is 0 Å². The van der Waals surface area contributed by atoms with Gasteiger partial charge in [0.2, 0.25) is 0 Å². The molecule has 0 aromatic carbocycles. The summed E-state index contributed by atoms with van der Waals surface area (Å²) in [7, 11) is 0. The Balaban J connectivity index is 2.07. The van der Waals surface area contributed by atoms with Crippen molar-refractivity contribution < 1.29 is 14.3 Å². The highest BCUT2D eigenvalue weighted by molar-refractivity contribution is 5.75. The number of nitrogens with zero attached hydrogens (tertiary/aromatic N) is 1. The predicted molar refractivity (Wildman–Crippen MR) is 134 cm³/mol. The molecule has 0 aromatic rings. The summed E-state index contributed by atoms with van der Waals surface area (Å²) in [5.74, 6) is 0.255. The van der Waals surface area contributed by atoms with Crippen LogP contribution in [0.2, 0.25) is 0 Å². The van der Waals surface area contributed by atoms with E-state index in [9.17, 15) is 4.79 Å². The summed E-state index contributed by atoms with van der Waals surface area (Å²) in [5, 5.41) is 2.09. The number of carbonyl (C=O) groups is 1. The standard InChI is InChI=1S/C27H54N2O3/c1-5-7-8-9-10-11-12-13-14-15-16-17-18-19-20-21-25(27(30)31-6-2)28-29-22-23-32-26(29)24(3)4/h24-26,28H,5-23H2,1-4H3. The normalized spacial score (nSPS) is 17.8. The Hall–Kier alpha value is -0.650. The molecule has 190 valence electrons. The van der Waals surface area contributed by atoms with Gasteiger partial charge in [-0.05, 0) is 19.3 Å². The Morgan fingerprint density at radius 1 is 0.875 bits per heavy atom. The molecule has 32 heavy (non-hydrogen) atoms. The number of hydrogen-bond donors (Lipinski definition) is 1. The molecular formula is C27H54N2O3. The Labute approximate surface area is 199 Å². The minimum absolute atomic E-state index is 0.0352. The molecule has 0 radical (unpaired) electrons. The third-order valence-corrected chi connectivity index (χ3v) is 6.49. The van der Waals surface area contributed by atoms with Crippen molar-refractivity contribution in [1.29, 1.82) is 0 Å². The van der Waals surface area contributed by atoms with Gasteiger partial charge in [-0.15, -0.1) is 0 Å². The quantitative estimate of drug-likeness (QED) is 0.149. The summed E-state index contributed by atoms with van der Waals surface area (Å²) in [6.07, 6.45) is 21.2. The molecule has 2 unspecified atom stereocenters. The van der Waals surface area contributed by atoms with E-state index in [1.54, 1.807) is 0 Å². The third-order valence-electron chi connectivity index (χ3n) is 6.49. The molecule has 5 heteroatoms. The smallest absolute Gasteiger partial charge is 0.324 e. The van der Waals surface area contributed by atoms with Crippen molar-refractivity contribution in [2.24, 2.45) is 5.92 Å². The fraction of sp³-hybridized carbons (Fsp3) is 0.963. The van der Waals surface area contributed by atoms with Crippen LogP contribution in [0.3, 0.4) is 0 Å². The van der Waals surface area contributed by atoms with E-state index in [4.69, 9.17) is 9.47 Å². The van der Waals surface area contributed by atoms with Gasteiger partial charge in [-0.1, -0.05) is 117 Å². The number of unbranched alkanes of at least 4 members (excludes halogenated alkanes) is 14. The Bertz CT molecular complexity index is 445. The molecule has 1 aliphatic heterocycles. The van der Waals surface area contributed by atoms with Crippen LogP contribution in [0.25, 0.3) is 0 Å². The van der Waals surface area contributed by atoms with Gasteiger partial charge in [0, 0.05) is 6.54 Å². The molecule has 0 aliphatic carbocycles. The van der Waals surface area contributed by atoms with Gasteiger partial charge in [-0.2, -0.15) is 0 Å².